The molecule has 31 heavy (non-hydrogen) atoms. The second kappa shape index (κ2) is 11.2. The lowest BCUT2D eigenvalue weighted by atomic mass is 10.1. The third-order valence-electron chi connectivity index (χ3n) is 4.61. The van der Waals surface area contributed by atoms with Crippen LogP contribution in [0.1, 0.15) is 23.6 Å². The zero-order valence-corrected chi connectivity index (χ0v) is 18.9. The van der Waals surface area contributed by atoms with Crippen molar-refractivity contribution in [2.24, 2.45) is 0 Å². The number of hydrogen-bond donors (Lipinski definition) is 1. The average Bonchev–Trinajstić information content (AvgIpc) is 2.76. The summed E-state index contributed by atoms with van der Waals surface area (Å²) in [6.45, 7) is 3.80. The van der Waals surface area contributed by atoms with Crippen LogP contribution in [0.15, 0.2) is 54.6 Å². The van der Waals surface area contributed by atoms with Gasteiger partial charge in [0.15, 0.2) is 11.5 Å². The Morgan fingerprint density at radius 2 is 1.55 bits per heavy atom. The van der Waals surface area contributed by atoms with E-state index < -0.39 is 5.82 Å². The van der Waals surface area contributed by atoms with Gasteiger partial charge < -0.3 is 19.5 Å². The third kappa shape index (κ3) is 6.50. The van der Waals surface area contributed by atoms with Gasteiger partial charge >= 0.3 is 0 Å². The van der Waals surface area contributed by atoms with Crippen LogP contribution >= 0.6 is 23.2 Å². The van der Waals surface area contributed by atoms with E-state index in [0.29, 0.717) is 46.8 Å². The number of rotatable bonds is 10. The average molecular weight is 464 g/mol. The Morgan fingerprint density at radius 3 is 2.23 bits per heavy atom. The predicted molar refractivity (Wildman–Crippen MR) is 122 cm³/mol. The van der Waals surface area contributed by atoms with Crippen molar-refractivity contribution >= 4 is 23.2 Å². The van der Waals surface area contributed by atoms with E-state index >= 15 is 0 Å². The highest BCUT2D eigenvalue weighted by Gasteiger charge is 2.13. The molecule has 0 aliphatic rings. The molecule has 0 aromatic heterocycles. The van der Waals surface area contributed by atoms with Gasteiger partial charge in [-0.05, 0) is 48.4 Å². The molecule has 164 valence electrons. The van der Waals surface area contributed by atoms with E-state index in [1.807, 2.05) is 37.3 Å². The molecule has 0 radical (unpaired) electrons. The van der Waals surface area contributed by atoms with Crippen molar-refractivity contribution in [3.63, 3.8) is 0 Å². The number of nitrogens with one attached hydrogen (secondary N) is 1. The van der Waals surface area contributed by atoms with Gasteiger partial charge in [0, 0.05) is 29.7 Å². The summed E-state index contributed by atoms with van der Waals surface area (Å²) in [7, 11) is 1.65. The summed E-state index contributed by atoms with van der Waals surface area (Å²) >= 11 is 12.6. The van der Waals surface area contributed by atoms with Crippen LogP contribution < -0.4 is 19.5 Å². The third-order valence-corrected chi connectivity index (χ3v) is 5.32. The predicted octanol–water partition coefficient (Wildman–Crippen LogP) is 6.41. The molecule has 3 aromatic carbocycles. The molecule has 0 spiro atoms. The van der Waals surface area contributed by atoms with E-state index in [2.05, 4.69) is 5.32 Å². The van der Waals surface area contributed by atoms with Crippen LogP contribution in [0.4, 0.5) is 4.39 Å². The molecule has 0 aliphatic heterocycles. The Bertz CT molecular complexity index is 1010. The van der Waals surface area contributed by atoms with Gasteiger partial charge in [0.25, 0.3) is 0 Å². The van der Waals surface area contributed by atoms with Gasteiger partial charge in [0.1, 0.15) is 18.2 Å². The highest BCUT2D eigenvalue weighted by Crippen LogP contribution is 2.34. The molecular weight excluding hydrogens is 440 g/mol. The zero-order valence-electron chi connectivity index (χ0n) is 17.4. The van der Waals surface area contributed by atoms with Gasteiger partial charge in [-0.15, -0.1) is 0 Å². The Labute approximate surface area is 191 Å². The largest absolute Gasteiger partial charge is 0.497 e. The highest BCUT2D eigenvalue weighted by molar-refractivity contribution is 6.31. The summed E-state index contributed by atoms with van der Waals surface area (Å²) < 4.78 is 30.0. The molecule has 0 amide bonds. The van der Waals surface area contributed by atoms with E-state index in [1.165, 1.54) is 12.1 Å². The molecule has 0 saturated heterocycles. The molecule has 0 heterocycles. The van der Waals surface area contributed by atoms with Gasteiger partial charge in [0.2, 0.25) is 0 Å². The van der Waals surface area contributed by atoms with Crippen LogP contribution in [0.25, 0.3) is 0 Å². The first-order chi connectivity index (χ1) is 15.0. The van der Waals surface area contributed by atoms with E-state index in [-0.39, 0.29) is 6.61 Å². The van der Waals surface area contributed by atoms with Crippen molar-refractivity contribution in [2.75, 3.05) is 13.7 Å². The number of halogens is 3. The smallest absolute Gasteiger partial charge is 0.163 e. The SMILES string of the molecule is CCOc1cc(CNCc2ccc(OC)cc2)c(Cl)cc1OCc1ccc(F)cc1Cl. The van der Waals surface area contributed by atoms with Crippen LogP contribution in [0, 0.1) is 5.82 Å². The summed E-state index contributed by atoms with van der Waals surface area (Å²) in [4.78, 5) is 0. The van der Waals surface area contributed by atoms with Gasteiger partial charge in [-0.3, -0.25) is 0 Å². The summed E-state index contributed by atoms with van der Waals surface area (Å²) in [5, 5.41) is 4.25. The van der Waals surface area contributed by atoms with Gasteiger partial charge in [-0.2, -0.15) is 0 Å². The minimum absolute atomic E-state index is 0.171. The maximum atomic E-state index is 13.2. The van der Waals surface area contributed by atoms with E-state index in [0.717, 1.165) is 16.9 Å². The first-order valence-corrected chi connectivity index (χ1v) is 10.6. The number of methoxy groups -OCH3 is 1. The van der Waals surface area contributed by atoms with Crippen LogP contribution in [-0.2, 0) is 19.7 Å². The maximum absolute atomic E-state index is 13.2. The van der Waals surface area contributed by atoms with Gasteiger partial charge in [-0.25, -0.2) is 4.39 Å². The van der Waals surface area contributed by atoms with Crippen molar-refractivity contribution in [1.82, 2.24) is 5.32 Å². The Hall–Kier alpha value is -2.47. The molecule has 3 aromatic rings. The fourth-order valence-electron chi connectivity index (χ4n) is 2.97. The van der Waals surface area contributed by atoms with Gasteiger partial charge in [0.05, 0.1) is 18.7 Å². The maximum Gasteiger partial charge on any atom is 0.163 e. The van der Waals surface area contributed by atoms with Crippen molar-refractivity contribution in [3.05, 3.63) is 87.2 Å². The Balaban J connectivity index is 1.67. The van der Waals surface area contributed by atoms with Crippen LogP contribution in [0.3, 0.4) is 0 Å². The molecular formula is C24H24Cl2FNO3. The first-order valence-electron chi connectivity index (χ1n) is 9.85. The zero-order chi connectivity index (χ0) is 22.2. The molecule has 0 unspecified atom stereocenters. The lowest BCUT2D eigenvalue weighted by Gasteiger charge is -2.16. The first kappa shape index (κ1) is 23.2. The quantitative estimate of drug-likeness (QED) is 0.377. The molecule has 1 N–H and O–H groups in total. The monoisotopic (exact) mass is 463 g/mol. The molecule has 3 rings (SSSR count). The fourth-order valence-corrected chi connectivity index (χ4v) is 3.42. The fraction of sp³-hybridized carbons (Fsp3) is 0.250. The standard InChI is InChI=1S/C24H24Cl2FNO3/c1-3-30-23-10-18(14-28-13-16-4-8-20(29-2)9-5-16)22(26)12-24(23)31-15-17-6-7-19(27)11-21(17)25/h4-12,28H,3,13-15H2,1-2H3. The molecule has 0 fully saturated rings. The van der Waals surface area contributed by atoms with E-state index in [4.69, 9.17) is 37.4 Å². The number of ether oxygens (including phenoxy) is 3. The van der Waals surface area contributed by atoms with Crippen molar-refractivity contribution in [1.29, 1.82) is 0 Å². The molecule has 7 heteroatoms. The van der Waals surface area contributed by atoms with Crippen LogP contribution in [-0.4, -0.2) is 13.7 Å². The Morgan fingerprint density at radius 1 is 0.839 bits per heavy atom. The normalized spacial score (nSPS) is 10.7. The van der Waals surface area contributed by atoms with Crippen molar-refractivity contribution in [2.45, 2.75) is 26.6 Å². The second-order valence-electron chi connectivity index (χ2n) is 6.80. The summed E-state index contributed by atoms with van der Waals surface area (Å²) in [6.07, 6.45) is 0. The molecule has 0 saturated carbocycles. The second-order valence-corrected chi connectivity index (χ2v) is 7.61. The van der Waals surface area contributed by atoms with E-state index in [1.54, 1.807) is 19.2 Å². The lowest BCUT2D eigenvalue weighted by Crippen LogP contribution is -2.13. The van der Waals surface area contributed by atoms with Crippen molar-refractivity contribution in [3.8, 4) is 17.2 Å². The Kier molecular flexibility index (Phi) is 8.41. The van der Waals surface area contributed by atoms with Crippen molar-refractivity contribution < 1.29 is 18.6 Å². The molecule has 0 bridgehead atoms. The minimum atomic E-state index is -0.390. The van der Waals surface area contributed by atoms with Gasteiger partial charge in [-0.1, -0.05) is 41.4 Å². The highest BCUT2D eigenvalue weighted by atomic mass is 35.5. The van der Waals surface area contributed by atoms with Crippen LogP contribution in [0.2, 0.25) is 10.0 Å². The van der Waals surface area contributed by atoms with Crippen LogP contribution in [0.5, 0.6) is 17.2 Å². The molecule has 0 atom stereocenters. The lowest BCUT2D eigenvalue weighted by molar-refractivity contribution is 0.269. The summed E-state index contributed by atoms with van der Waals surface area (Å²) in [5.41, 5.74) is 2.70. The number of hydrogen-bond acceptors (Lipinski definition) is 4. The molecule has 4 nitrogen and oxygen atoms in total. The topological polar surface area (TPSA) is 39.7 Å². The minimum Gasteiger partial charge on any atom is -0.497 e. The number of benzene rings is 3. The summed E-state index contributed by atoms with van der Waals surface area (Å²) in [6, 6.07) is 15.7. The molecule has 0 aliphatic carbocycles. The van der Waals surface area contributed by atoms with E-state index in [9.17, 15) is 4.39 Å². The summed E-state index contributed by atoms with van der Waals surface area (Å²) in [5.74, 6) is 1.53.